The van der Waals surface area contributed by atoms with Crippen molar-refractivity contribution >= 4 is 33.0 Å². The lowest BCUT2D eigenvalue weighted by molar-refractivity contribution is 0.102. The Morgan fingerprint density at radius 1 is 1.21 bits per heavy atom. The van der Waals surface area contributed by atoms with Gasteiger partial charge in [0.15, 0.2) is 0 Å². The molecule has 0 aliphatic carbocycles. The molecule has 3 aromatic rings. The van der Waals surface area contributed by atoms with Crippen molar-refractivity contribution in [3.05, 3.63) is 59.1 Å². The lowest BCUT2D eigenvalue weighted by atomic mass is 10.2. The van der Waals surface area contributed by atoms with Crippen LogP contribution in [-0.4, -0.2) is 20.5 Å². The molecule has 19 heavy (non-hydrogen) atoms. The summed E-state index contributed by atoms with van der Waals surface area (Å²) in [6, 6.07) is 9.13. The fourth-order valence-corrected chi connectivity index (χ4v) is 1.99. The molecule has 0 fully saturated rings. The zero-order valence-corrected chi connectivity index (χ0v) is 11.3. The monoisotopic (exact) mass is 316 g/mol. The van der Waals surface area contributed by atoms with Gasteiger partial charge in [0.05, 0.1) is 29.2 Å². The summed E-state index contributed by atoms with van der Waals surface area (Å²) in [7, 11) is 0. The number of halogens is 1. The number of rotatable bonds is 2. The minimum Gasteiger partial charge on any atom is -0.320 e. The standard InChI is InChI=1S/C13H9BrN4O/c14-12-5-4-9(7-15-12)17-13(19)10-8-16-18-6-2-1-3-11(10)18/h1-8H,(H,17,19). The number of carbonyl (C=O) groups is 1. The molecule has 0 bridgehead atoms. The molecule has 6 heteroatoms. The van der Waals surface area contributed by atoms with Crippen LogP contribution in [-0.2, 0) is 0 Å². The highest BCUT2D eigenvalue weighted by molar-refractivity contribution is 9.10. The number of carbonyl (C=O) groups excluding carboxylic acids is 1. The number of nitrogens with one attached hydrogen (secondary N) is 1. The van der Waals surface area contributed by atoms with Crippen molar-refractivity contribution in [3.8, 4) is 0 Å². The Morgan fingerprint density at radius 2 is 2.11 bits per heavy atom. The van der Waals surface area contributed by atoms with Gasteiger partial charge in [-0.15, -0.1) is 0 Å². The van der Waals surface area contributed by atoms with Crippen LogP contribution in [0.15, 0.2) is 53.5 Å². The summed E-state index contributed by atoms with van der Waals surface area (Å²) in [6.45, 7) is 0. The molecule has 0 spiro atoms. The van der Waals surface area contributed by atoms with Crippen molar-refractivity contribution in [1.29, 1.82) is 0 Å². The lowest BCUT2D eigenvalue weighted by Gasteiger charge is -2.03. The average molecular weight is 317 g/mol. The number of nitrogens with zero attached hydrogens (tertiary/aromatic N) is 3. The van der Waals surface area contributed by atoms with Crippen LogP contribution in [0.3, 0.4) is 0 Å². The predicted molar refractivity (Wildman–Crippen MR) is 75.1 cm³/mol. The van der Waals surface area contributed by atoms with Crippen molar-refractivity contribution in [2.45, 2.75) is 0 Å². The van der Waals surface area contributed by atoms with Crippen molar-refractivity contribution in [2.75, 3.05) is 5.32 Å². The normalized spacial score (nSPS) is 10.6. The van der Waals surface area contributed by atoms with Gasteiger partial charge in [-0.2, -0.15) is 5.10 Å². The van der Waals surface area contributed by atoms with E-state index in [1.165, 1.54) is 0 Å². The van der Waals surface area contributed by atoms with Crippen LogP contribution < -0.4 is 5.32 Å². The van der Waals surface area contributed by atoms with Crippen molar-refractivity contribution in [2.24, 2.45) is 0 Å². The number of fused-ring (bicyclic) bond motifs is 1. The highest BCUT2D eigenvalue weighted by Crippen LogP contribution is 2.14. The van der Waals surface area contributed by atoms with Gasteiger partial charge in [-0.1, -0.05) is 6.07 Å². The number of hydrogen-bond acceptors (Lipinski definition) is 3. The molecule has 3 rings (SSSR count). The quantitative estimate of drug-likeness (QED) is 0.739. The Balaban J connectivity index is 1.90. The van der Waals surface area contributed by atoms with Gasteiger partial charge in [0.2, 0.25) is 0 Å². The number of amides is 1. The number of aromatic nitrogens is 3. The molecule has 1 N–H and O–H groups in total. The van der Waals surface area contributed by atoms with Gasteiger partial charge in [-0.25, -0.2) is 9.50 Å². The topological polar surface area (TPSA) is 59.3 Å². The smallest absolute Gasteiger partial charge is 0.259 e. The third-order valence-corrected chi connectivity index (χ3v) is 3.13. The van der Waals surface area contributed by atoms with Gasteiger partial charge in [-0.3, -0.25) is 4.79 Å². The molecule has 0 aliphatic heterocycles. The van der Waals surface area contributed by atoms with E-state index in [9.17, 15) is 4.79 Å². The number of hydrogen-bond donors (Lipinski definition) is 1. The molecule has 0 aliphatic rings. The molecule has 0 unspecified atom stereocenters. The Hall–Kier alpha value is -2.21. The molecule has 0 aromatic carbocycles. The van der Waals surface area contributed by atoms with Crippen LogP contribution in [0.2, 0.25) is 0 Å². The van der Waals surface area contributed by atoms with E-state index in [0.717, 1.165) is 10.1 Å². The molecule has 3 aromatic heterocycles. The first-order valence-corrected chi connectivity index (χ1v) is 6.38. The third kappa shape index (κ3) is 2.34. The fourth-order valence-electron chi connectivity index (χ4n) is 1.76. The van der Waals surface area contributed by atoms with E-state index in [0.29, 0.717) is 11.3 Å². The zero-order valence-electron chi connectivity index (χ0n) is 9.75. The summed E-state index contributed by atoms with van der Waals surface area (Å²) in [6.07, 6.45) is 4.94. The second-order valence-electron chi connectivity index (χ2n) is 3.91. The molecule has 0 atom stereocenters. The summed E-state index contributed by atoms with van der Waals surface area (Å²) in [4.78, 5) is 16.2. The van der Waals surface area contributed by atoms with Crippen LogP contribution in [0.1, 0.15) is 10.4 Å². The predicted octanol–water partition coefficient (Wildman–Crippen LogP) is 2.74. The van der Waals surface area contributed by atoms with Gasteiger partial charge < -0.3 is 5.32 Å². The Bertz CT molecular complexity index is 736. The maximum Gasteiger partial charge on any atom is 0.259 e. The minimum atomic E-state index is -0.203. The fraction of sp³-hybridized carbons (Fsp3) is 0. The Morgan fingerprint density at radius 3 is 2.89 bits per heavy atom. The molecule has 5 nitrogen and oxygen atoms in total. The highest BCUT2D eigenvalue weighted by Gasteiger charge is 2.12. The first-order valence-electron chi connectivity index (χ1n) is 5.59. The zero-order chi connectivity index (χ0) is 13.2. The Labute approximate surface area is 117 Å². The largest absolute Gasteiger partial charge is 0.320 e. The second-order valence-corrected chi connectivity index (χ2v) is 4.72. The number of pyridine rings is 2. The minimum absolute atomic E-state index is 0.203. The van der Waals surface area contributed by atoms with Crippen LogP contribution >= 0.6 is 15.9 Å². The first kappa shape index (κ1) is 11.9. The number of anilines is 1. The SMILES string of the molecule is O=C(Nc1ccc(Br)nc1)c1cnn2ccccc12. The van der Waals surface area contributed by atoms with Gasteiger partial charge >= 0.3 is 0 Å². The van der Waals surface area contributed by atoms with E-state index in [1.807, 2.05) is 18.2 Å². The van der Waals surface area contributed by atoms with E-state index >= 15 is 0 Å². The third-order valence-electron chi connectivity index (χ3n) is 2.66. The molecular weight excluding hydrogens is 308 g/mol. The average Bonchev–Trinajstić information content (AvgIpc) is 2.85. The molecular formula is C13H9BrN4O. The summed E-state index contributed by atoms with van der Waals surface area (Å²) < 4.78 is 2.39. The van der Waals surface area contributed by atoms with Crippen LogP contribution in [0.25, 0.3) is 5.52 Å². The summed E-state index contributed by atoms with van der Waals surface area (Å²) in [5, 5.41) is 6.92. The first-order chi connectivity index (χ1) is 9.24. The Kier molecular flexibility index (Phi) is 3.00. The molecule has 3 heterocycles. The van der Waals surface area contributed by atoms with Crippen molar-refractivity contribution in [1.82, 2.24) is 14.6 Å². The molecule has 0 saturated carbocycles. The molecule has 1 amide bonds. The molecule has 0 radical (unpaired) electrons. The maximum absolute atomic E-state index is 12.2. The van der Waals surface area contributed by atoms with Crippen LogP contribution in [0.4, 0.5) is 5.69 Å². The van der Waals surface area contributed by atoms with E-state index in [2.05, 4.69) is 31.3 Å². The van der Waals surface area contributed by atoms with Crippen molar-refractivity contribution in [3.63, 3.8) is 0 Å². The van der Waals surface area contributed by atoms with E-state index in [-0.39, 0.29) is 5.91 Å². The highest BCUT2D eigenvalue weighted by atomic mass is 79.9. The molecule has 0 saturated heterocycles. The second kappa shape index (κ2) is 4.81. The van der Waals surface area contributed by atoms with E-state index < -0.39 is 0 Å². The van der Waals surface area contributed by atoms with Crippen molar-refractivity contribution < 1.29 is 4.79 Å². The van der Waals surface area contributed by atoms with Gasteiger partial charge in [0, 0.05) is 6.20 Å². The van der Waals surface area contributed by atoms with E-state index in [4.69, 9.17) is 0 Å². The summed E-state index contributed by atoms with van der Waals surface area (Å²) in [5.41, 5.74) is 1.94. The summed E-state index contributed by atoms with van der Waals surface area (Å²) in [5.74, 6) is -0.203. The van der Waals surface area contributed by atoms with Crippen LogP contribution in [0.5, 0.6) is 0 Å². The van der Waals surface area contributed by atoms with Crippen LogP contribution in [0, 0.1) is 0 Å². The maximum atomic E-state index is 12.2. The van der Waals surface area contributed by atoms with Gasteiger partial charge in [0.25, 0.3) is 5.91 Å². The lowest BCUT2D eigenvalue weighted by Crippen LogP contribution is -2.11. The van der Waals surface area contributed by atoms with E-state index in [1.54, 1.807) is 35.2 Å². The van der Waals surface area contributed by atoms with Gasteiger partial charge in [0.1, 0.15) is 4.60 Å². The summed E-state index contributed by atoms with van der Waals surface area (Å²) >= 11 is 3.25. The molecule has 94 valence electrons. The van der Waals surface area contributed by atoms with Gasteiger partial charge in [-0.05, 0) is 40.2 Å².